The van der Waals surface area contributed by atoms with Gasteiger partial charge in [0.1, 0.15) is 0 Å². The molecule has 2 nitrogen and oxygen atoms in total. The fourth-order valence-electron chi connectivity index (χ4n) is 3.79. The van der Waals surface area contributed by atoms with Gasteiger partial charge in [-0.1, -0.05) is 29.3 Å². The molecule has 2 rings (SSSR count). The molecule has 3 heteroatoms. The first-order valence-electron chi connectivity index (χ1n) is 7.43. The largest absolute Gasteiger partial charge is 0.351 e. The van der Waals surface area contributed by atoms with Gasteiger partial charge in [-0.15, -0.1) is 0 Å². The second-order valence-electron chi connectivity index (χ2n) is 6.54. The van der Waals surface area contributed by atoms with E-state index in [9.17, 15) is 4.79 Å². The van der Waals surface area contributed by atoms with Crippen molar-refractivity contribution in [2.45, 2.75) is 64.3 Å². The lowest BCUT2D eigenvalue weighted by molar-refractivity contribution is -0.124. The molecule has 0 spiro atoms. The van der Waals surface area contributed by atoms with Gasteiger partial charge in [0, 0.05) is 17.3 Å². The van der Waals surface area contributed by atoms with Crippen LogP contribution >= 0.6 is 15.9 Å². The third kappa shape index (κ3) is 3.28. The summed E-state index contributed by atoms with van der Waals surface area (Å²) in [4.78, 5) is 12.2. The van der Waals surface area contributed by atoms with Crippen molar-refractivity contribution in [3.05, 3.63) is 0 Å². The average molecular weight is 316 g/mol. The van der Waals surface area contributed by atoms with Crippen LogP contribution in [-0.4, -0.2) is 16.8 Å². The van der Waals surface area contributed by atoms with Crippen LogP contribution < -0.4 is 5.32 Å². The zero-order valence-electron chi connectivity index (χ0n) is 11.7. The maximum absolute atomic E-state index is 12.2. The number of hydrogen-bond acceptors (Lipinski definition) is 1. The van der Waals surface area contributed by atoms with Crippen molar-refractivity contribution in [3.8, 4) is 0 Å². The summed E-state index contributed by atoms with van der Waals surface area (Å²) >= 11 is 3.48. The van der Waals surface area contributed by atoms with Gasteiger partial charge in [-0.25, -0.2) is 0 Å². The maximum Gasteiger partial charge on any atom is 0.220 e. The second-order valence-corrected chi connectivity index (χ2v) is 7.33. The van der Waals surface area contributed by atoms with Crippen molar-refractivity contribution < 1.29 is 4.79 Å². The van der Waals surface area contributed by atoms with Crippen LogP contribution in [0, 0.1) is 17.8 Å². The molecule has 0 aromatic rings. The van der Waals surface area contributed by atoms with Crippen LogP contribution in [0.25, 0.3) is 0 Å². The molecular weight excluding hydrogens is 290 g/mol. The van der Waals surface area contributed by atoms with Crippen LogP contribution in [0.5, 0.6) is 0 Å². The number of amides is 1. The van der Waals surface area contributed by atoms with Crippen LogP contribution in [0.4, 0.5) is 0 Å². The molecule has 2 bridgehead atoms. The van der Waals surface area contributed by atoms with Crippen molar-refractivity contribution in [1.29, 1.82) is 0 Å². The van der Waals surface area contributed by atoms with Gasteiger partial charge in [0.05, 0.1) is 0 Å². The average Bonchev–Trinajstić information content (AvgIpc) is 2.91. The molecule has 2 aliphatic rings. The maximum atomic E-state index is 12.2. The lowest BCUT2D eigenvalue weighted by Crippen LogP contribution is -2.46. The summed E-state index contributed by atoms with van der Waals surface area (Å²) in [6, 6.07) is 0. The number of halogens is 1. The third-order valence-corrected chi connectivity index (χ3v) is 5.60. The number of nitrogens with one attached hydrogen (secondary N) is 1. The molecule has 104 valence electrons. The van der Waals surface area contributed by atoms with Crippen molar-refractivity contribution in [2.24, 2.45) is 17.8 Å². The molecule has 0 aromatic carbocycles. The Morgan fingerprint density at radius 2 is 2.17 bits per heavy atom. The smallest absolute Gasteiger partial charge is 0.220 e. The van der Waals surface area contributed by atoms with E-state index < -0.39 is 0 Å². The molecule has 2 saturated carbocycles. The predicted molar refractivity (Wildman–Crippen MR) is 78.8 cm³/mol. The number of rotatable bonds is 6. The highest BCUT2D eigenvalue weighted by Gasteiger charge is 2.40. The normalized spacial score (nSPS) is 33.4. The molecule has 1 amide bonds. The van der Waals surface area contributed by atoms with E-state index in [2.05, 4.69) is 35.1 Å². The Hall–Kier alpha value is -0.0500. The minimum absolute atomic E-state index is 0.0296. The fraction of sp³-hybridized carbons (Fsp3) is 0.933. The van der Waals surface area contributed by atoms with E-state index in [1.54, 1.807) is 0 Å². The SMILES string of the molecule is CCC(C)(CCBr)NC(=O)CC1CC2CCC1C2. The Kier molecular flexibility index (Phi) is 4.74. The summed E-state index contributed by atoms with van der Waals surface area (Å²) in [6.45, 7) is 4.31. The van der Waals surface area contributed by atoms with Crippen molar-refractivity contribution in [3.63, 3.8) is 0 Å². The van der Waals surface area contributed by atoms with E-state index in [4.69, 9.17) is 0 Å². The second kappa shape index (κ2) is 5.94. The molecule has 18 heavy (non-hydrogen) atoms. The van der Waals surface area contributed by atoms with Gasteiger partial charge in [-0.05, 0) is 56.8 Å². The van der Waals surface area contributed by atoms with E-state index in [-0.39, 0.29) is 11.4 Å². The zero-order valence-corrected chi connectivity index (χ0v) is 13.3. The van der Waals surface area contributed by atoms with Crippen molar-refractivity contribution in [1.82, 2.24) is 5.32 Å². The Bertz CT molecular complexity index is 307. The summed E-state index contributed by atoms with van der Waals surface area (Å²) in [6.07, 6.45) is 8.25. The van der Waals surface area contributed by atoms with Crippen LogP contribution in [0.2, 0.25) is 0 Å². The first-order valence-corrected chi connectivity index (χ1v) is 8.55. The highest BCUT2D eigenvalue weighted by Crippen LogP contribution is 2.49. The summed E-state index contributed by atoms with van der Waals surface area (Å²) in [5.41, 5.74) is -0.0296. The van der Waals surface area contributed by atoms with Gasteiger partial charge in [0.2, 0.25) is 5.91 Å². The van der Waals surface area contributed by atoms with E-state index >= 15 is 0 Å². The standard InChI is InChI=1S/C15H26BrNO/c1-3-15(2,6-7-16)17-14(18)10-13-9-11-4-5-12(13)8-11/h11-13H,3-10H2,1-2H3,(H,17,18). The van der Waals surface area contributed by atoms with E-state index in [1.165, 1.54) is 25.7 Å². The number of alkyl halides is 1. The molecule has 0 aromatic heterocycles. The summed E-state index contributed by atoms with van der Waals surface area (Å²) in [5.74, 6) is 2.74. The highest BCUT2D eigenvalue weighted by molar-refractivity contribution is 9.09. The highest BCUT2D eigenvalue weighted by atomic mass is 79.9. The molecule has 0 aliphatic heterocycles. The fourth-order valence-corrected chi connectivity index (χ4v) is 4.66. The van der Waals surface area contributed by atoms with E-state index in [0.29, 0.717) is 5.92 Å². The van der Waals surface area contributed by atoms with Crippen LogP contribution in [-0.2, 0) is 4.79 Å². The molecule has 4 unspecified atom stereocenters. The minimum Gasteiger partial charge on any atom is -0.351 e. The van der Waals surface area contributed by atoms with Crippen LogP contribution in [0.1, 0.15) is 58.8 Å². The predicted octanol–water partition coefficient (Wildman–Crippen LogP) is 3.88. The van der Waals surface area contributed by atoms with Gasteiger partial charge in [0.15, 0.2) is 0 Å². The quantitative estimate of drug-likeness (QED) is 0.740. The summed E-state index contributed by atoms with van der Waals surface area (Å²) < 4.78 is 0. The molecule has 1 N–H and O–H groups in total. The van der Waals surface area contributed by atoms with Crippen molar-refractivity contribution in [2.75, 3.05) is 5.33 Å². The Morgan fingerprint density at radius 1 is 1.39 bits per heavy atom. The number of fused-ring (bicyclic) bond motifs is 2. The van der Waals surface area contributed by atoms with Gasteiger partial charge < -0.3 is 5.32 Å². The molecule has 2 fully saturated rings. The summed E-state index contributed by atoms with van der Waals surface area (Å²) in [5, 5.41) is 4.21. The third-order valence-electron chi connectivity index (χ3n) is 5.20. The van der Waals surface area contributed by atoms with E-state index in [1.807, 2.05) is 0 Å². The number of carbonyl (C=O) groups excluding carboxylic acids is 1. The molecule has 4 atom stereocenters. The van der Waals surface area contributed by atoms with Gasteiger partial charge in [-0.3, -0.25) is 4.79 Å². The molecular formula is C15H26BrNO. The van der Waals surface area contributed by atoms with E-state index in [0.717, 1.165) is 36.4 Å². The topological polar surface area (TPSA) is 29.1 Å². The Labute approximate surface area is 119 Å². The number of hydrogen-bond donors (Lipinski definition) is 1. The first-order chi connectivity index (χ1) is 8.56. The lowest BCUT2D eigenvalue weighted by atomic mass is 9.85. The van der Waals surface area contributed by atoms with Crippen molar-refractivity contribution >= 4 is 21.8 Å². The molecule has 0 saturated heterocycles. The minimum atomic E-state index is -0.0296. The number of carbonyl (C=O) groups is 1. The van der Waals surface area contributed by atoms with Crippen LogP contribution in [0.3, 0.4) is 0 Å². The monoisotopic (exact) mass is 315 g/mol. The zero-order chi connectivity index (χ0) is 13.2. The molecule has 0 radical (unpaired) electrons. The molecule has 2 aliphatic carbocycles. The lowest BCUT2D eigenvalue weighted by Gasteiger charge is -2.30. The first kappa shape index (κ1) is 14.4. The van der Waals surface area contributed by atoms with Gasteiger partial charge in [0.25, 0.3) is 0 Å². The Morgan fingerprint density at radius 3 is 2.67 bits per heavy atom. The molecule has 0 heterocycles. The van der Waals surface area contributed by atoms with Gasteiger partial charge >= 0.3 is 0 Å². The van der Waals surface area contributed by atoms with Gasteiger partial charge in [-0.2, -0.15) is 0 Å². The summed E-state index contributed by atoms with van der Waals surface area (Å²) in [7, 11) is 0. The Balaban J connectivity index is 1.81. The van der Waals surface area contributed by atoms with Crippen LogP contribution in [0.15, 0.2) is 0 Å².